The quantitative estimate of drug-likeness (QED) is 0.817. The maximum atomic E-state index is 13.0. The molecule has 1 aliphatic rings. The summed E-state index contributed by atoms with van der Waals surface area (Å²) >= 11 is 0. The molecule has 21 heavy (non-hydrogen) atoms. The zero-order valence-electron chi connectivity index (χ0n) is 13.7. The number of halogens is 1. The molecule has 118 valence electrons. The summed E-state index contributed by atoms with van der Waals surface area (Å²) in [5, 5.41) is 3.36. The van der Waals surface area contributed by atoms with Crippen molar-refractivity contribution in [2.45, 2.75) is 45.6 Å². The lowest BCUT2D eigenvalue weighted by Crippen LogP contribution is -2.29. The van der Waals surface area contributed by atoms with Crippen molar-refractivity contribution in [3.05, 3.63) is 35.6 Å². The first-order valence-corrected chi connectivity index (χ1v) is 8.27. The van der Waals surface area contributed by atoms with Crippen molar-refractivity contribution >= 4 is 0 Å². The van der Waals surface area contributed by atoms with Crippen molar-refractivity contribution in [3.8, 4) is 0 Å². The van der Waals surface area contributed by atoms with E-state index in [-0.39, 0.29) is 5.82 Å². The van der Waals surface area contributed by atoms with Crippen LogP contribution in [0.1, 0.15) is 51.1 Å². The molecule has 3 heteroatoms. The van der Waals surface area contributed by atoms with Crippen LogP contribution in [0.2, 0.25) is 0 Å². The van der Waals surface area contributed by atoms with Crippen LogP contribution in [0.4, 0.5) is 4.39 Å². The van der Waals surface area contributed by atoms with E-state index in [1.165, 1.54) is 37.9 Å². The highest BCUT2D eigenvalue weighted by atomic mass is 19.1. The summed E-state index contributed by atoms with van der Waals surface area (Å²) in [5.74, 6) is -0.163. The van der Waals surface area contributed by atoms with E-state index in [0.717, 1.165) is 13.0 Å². The van der Waals surface area contributed by atoms with Gasteiger partial charge in [0.1, 0.15) is 5.82 Å². The van der Waals surface area contributed by atoms with E-state index in [1.807, 2.05) is 19.2 Å². The Kier molecular flexibility index (Phi) is 5.77. The number of nitrogens with zero attached hydrogens (tertiary/aromatic N) is 1. The van der Waals surface area contributed by atoms with E-state index in [9.17, 15) is 4.39 Å². The Hall–Kier alpha value is -0.930. The molecule has 1 saturated heterocycles. The molecule has 1 atom stereocenters. The minimum atomic E-state index is -0.163. The number of nitrogens with one attached hydrogen (secondary N) is 1. The predicted molar refractivity (Wildman–Crippen MR) is 86.9 cm³/mol. The molecule has 1 aromatic rings. The van der Waals surface area contributed by atoms with Crippen molar-refractivity contribution in [3.63, 3.8) is 0 Å². The second-order valence-corrected chi connectivity index (χ2v) is 6.41. The molecule has 1 unspecified atom stereocenters. The minimum absolute atomic E-state index is 0.163. The third-order valence-corrected chi connectivity index (χ3v) is 5.37. The minimum Gasteiger partial charge on any atom is -0.313 e. The molecule has 0 radical (unpaired) electrons. The van der Waals surface area contributed by atoms with Gasteiger partial charge in [0.05, 0.1) is 0 Å². The van der Waals surface area contributed by atoms with Crippen LogP contribution < -0.4 is 5.32 Å². The summed E-state index contributed by atoms with van der Waals surface area (Å²) in [4.78, 5) is 2.60. The lowest BCUT2D eigenvalue weighted by molar-refractivity contribution is 0.234. The molecule has 1 fully saturated rings. The molecule has 0 aromatic heterocycles. The van der Waals surface area contributed by atoms with Crippen LogP contribution in [0, 0.1) is 11.2 Å². The van der Waals surface area contributed by atoms with Crippen LogP contribution in [0.15, 0.2) is 24.3 Å². The number of benzene rings is 1. The third kappa shape index (κ3) is 4.04. The highest BCUT2D eigenvalue weighted by Crippen LogP contribution is 2.37. The Labute approximate surface area is 128 Å². The van der Waals surface area contributed by atoms with Gasteiger partial charge in [0, 0.05) is 12.6 Å². The molecular weight excluding hydrogens is 263 g/mol. The summed E-state index contributed by atoms with van der Waals surface area (Å²) in [7, 11) is 1.99. The fourth-order valence-electron chi connectivity index (χ4n) is 3.53. The van der Waals surface area contributed by atoms with Crippen LogP contribution in [0.25, 0.3) is 0 Å². The lowest BCUT2D eigenvalue weighted by Gasteiger charge is -2.27. The third-order valence-electron chi connectivity index (χ3n) is 5.37. The van der Waals surface area contributed by atoms with Gasteiger partial charge >= 0.3 is 0 Å². The molecule has 0 aliphatic carbocycles. The molecule has 2 rings (SSSR count). The number of rotatable bonds is 7. The van der Waals surface area contributed by atoms with Crippen LogP contribution >= 0.6 is 0 Å². The Morgan fingerprint density at radius 2 is 1.90 bits per heavy atom. The molecule has 0 amide bonds. The van der Waals surface area contributed by atoms with E-state index in [4.69, 9.17) is 0 Å². The van der Waals surface area contributed by atoms with Crippen molar-refractivity contribution in [2.24, 2.45) is 5.41 Å². The predicted octanol–water partition coefficient (Wildman–Crippen LogP) is 3.99. The first kappa shape index (κ1) is 16.4. The molecule has 2 nitrogen and oxygen atoms in total. The highest BCUT2D eigenvalue weighted by Gasteiger charge is 2.34. The molecule has 1 N–H and O–H groups in total. The second kappa shape index (κ2) is 7.37. The van der Waals surface area contributed by atoms with Gasteiger partial charge in [0.25, 0.3) is 0 Å². The SMILES string of the molecule is CCC1(CC)CCN(CCC(NC)c2ccc(F)cc2)C1. The van der Waals surface area contributed by atoms with Gasteiger partial charge in [-0.25, -0.2) is 4.39 Å². The Morgan fingerprint density at radius 3 is 2.43 bits per heavy atom. The Balaban J connectivity index is 1.88. The van der Waals surface area contributed by atoms with E-state index in [1.54, 1.807) is 12.1 Å². The largest absolute Gasteiger partial charge is 0.313 e. The monoisotopic (exact) mass is 292 g/mol. The highest BCUT2D eigenvalue weighted by molar-refractivity contribution is 5.19. The average molecular weight is 292 g/mol. The van der Waals surface area contributed by atoms with Gasteiger partial charge in [-0.1, -0.05) is 26.0 Å². The Morgan fingerprint density at radius 1 is 1.24 bits per heavy atom. The van der Waals surface area contributed by atoms with Crippen LogP contribution in [0.5, 0.6) is 0 Å². The normalized spacial score (nSPS) is 19.8. The molecule has 0 saturated carbocycles. The van der Waals surface area contributed by atoms with Gasteiger partial charge in [0.15, 0.2) is 0 Å². The standard InChI is InChI=1S/C18H29FN2/c1-4-18(5-2)11-13-21(14-18)12-10-17(20-3)15-6-8-16(19)9-7-15/h6-9,17,20H,4-5,10-14H2,1-3H3. The summed E-state index contributed by atoms with van der Waals surface area (Å²) in [6, 6.07) is 7.19. The van der Waals surface area contributed by atoms with Crippen molar-refractivity contribution < 1.29 is 4.39 Å². The molecule has 1 heterocycles. The fraction of sp³-hybridized carbons (Fsp3) is 0.667. The van der Waals surface area contributed by atoms with Crippen molar-refractivity contribution in [1.29, 1.82) is 0 Å². The maximum Gasteiger partial charge on any atom is 0.123 e. The topological polar surface area (TPSA) is 15.3 Å². The summed E-state index contributed by atoms with van der Waals surface area (Å²) in [5.41, 5.74) is 1.72. The molecule has 0 spiro atoms. The van der Waals surface area contributed by atoms with Gasteiger partial charge in [0.2, 0.25) is 0 Å². The van der Waals surface area contributed by atoms with E-state index in [2.05, 4.69) is 24.1 Å². The molecule has 1 aliphatic heterocycles. The maximum absolute atomic E-state index is 13.0. The van der Waals surface area contributed by atoms with Crippen molar-refractivity contribution in [1.82, 2.24) is 10.2 Å². The molecule has 1 aromatic carbocycles. The van der Waals surface area contributed by atoms with E-state index in [0.29, 0.717) is 11.5 Å². The number of hydrogen-bond acceptors (Lipinski definition) is 2. The van der Waals surface area contributed by atoms with Gasteiger partial charge < -0.3 is 10.2 Å². The van der Waals surface area contributed by atoms with E-state index >= 15 is 0 Å². The smallest absolute Gasteiger partial charge is 0.123 e. The zero-order chi connectivity index (χ0) is 15.3. The van der Waals surface area contributed by atoms with Crippen LogP contribution in [0.3, 0.4) is 0 Å². The molecule has 0 bridgehead atoms. The van der Waals surface area contributed by atoms with Crippen LogP contribution in [-0.2, 0) is 0 Å². The molecular formula is C18H29FN2. The average Bonchev–Trinajstić information content (AvgIpc) is 2.94. The summed E-state index contributed by atoms with van der Waals surface area (Å²) < 4.78 is 13.0. The Bertz CT molecular complexity index is 425. The first-order chi connectivity index (χ1) is 10.1. The van der Waals surface area contributed by atoms with Gasteiger partial charge in [-0.2, -0.15) is 0 Å². The van der Waals surface area contributed by atoms with Gasteiger partial charge in [-0.15, -0.1) is 0 Å². The fourth-order valence-corrected chi connectivity index (χ4v) is 3.53. The lowest BCUT2D eigenvalue weighted by atomic mass is 9.82. The summed E-state index contributed by atoms with van der Waals surface area (Å²) in [6.07, 6.45) is 4.98. The van der Waals surface area contributed by atoms with E-state index < -0.39 is 0 Å². The van der Waals surface area contributed by atoms with Gasteiger partial charge in [-0.05, 0) is 68.9 Å². The van der Waals surface area contributed by atoms with Crippen LogP contribution in [-0.4, -0.2) is 31.6 Å². The number of likely N-dealkylation sites (tertiary alicyclic amines) is 1. The van der Waals surface area contributed by atoms with Crippen molar-refractivity contribution in [2.75, 3.05) is 26.7 Å². The number of hydrogen-bond donors (Lipinski definition) is 1. The summed E-state index contributed by atoms with van der Waals surface area (Å²) in [6.45, 7) is 8.22. The van der Waals surface area contributed by atoms with Gasteiger partial charge in [-0.3, -0.25) is 0 Å². The first-order valence-electron chi connectivity index (χ1n) is 8.27. The second-order valence-electron chi connectivity index (χ2n) is 6.41. The zero-order valence-corrected chi connectivity index (χ0v) is 13.7.